The highest BCUT2D eigenvalue weighted by molar-refractivity contribution is 8.16. The van der Waals surface area contributed by atoms with Crippen molar-refractivity contribution in [2.45, 2.75) is 195 Å². The van der Waals surface area contributed by atoms with Crippen molar-refractivity contribution in [3.63, 3.8) is 0 Å². The van der Waals surface area contributed by atoms with Crippen molar-refractivity contribution in [2.75, 3.05) is 69.5 Å². The van der Waals surface area contributed by atoms with Gasteiger partial charge in [-0.3, -0.25) is 67.2 Å². The summed E-state index contributed by atoms with van der Waals surface area (Å²) in [6, 6.07) is 0.525. The van der Waals surface area contributed by atoms with Crippen LogP contribution in [-0.2, 0) is 78.2 Å². The number of Topliss-reactive ketones (excluding diaryl/α,β-unsaturated/α-hetero) is 5. The van der Waals surface area contributed by atoms with Gasteiger partial charge in [0.05, 0.1) is 60.2 Å². The van der Waals surface area contributed by atoms with Crippen LogP contribution in [-0.4, -0.2) is 190 Å². The van der Waals surface area contributed by atoms with E-state index < -0.39 is 113 Å². The number of aromatic nitrogens is 1. The Hall–Kier alpha value is -6.46. The lowest BCUT2D eigenvalue weighted by molar-refractivity contribution is -0.150. The van der Waals surface area contributed by atoms with Crippen molar-refractivity contribution in [1.82, 2.24) is 30.7 Å². The third kappa shape index (κ3) is 27.0. The summed E-state index contributed by atoms with van der Waals surface area (Å²) in [6.07, 6.45) is -1.06. The van der Waals surface area contributed by atoms with E-state index in [0.29, 0.717) is 17.1 Å². The monoisotopic (exact) mass is 1410 g/mol. The number of fused-ring (bicyclic) bond motifs is 2. The van der Waals surface area contributed by atoms with E-state index >= 15 is 0 Å². The summed E-state index contributed by atoms with van der Waals surface area (Å²) >= 11 is 3.67. The Labute approximate surface area is 583 Å². The van der Waals surface area contributed by atoms with Gasteiger partial charge in [-0.1, -0.05) is 61.0 Å². The van der Waals surface area contributed by atoms with Gasteiger partial charge in [0, 0.05) is 107 Å². The van der Waals surface area contributed by atoms with Crippen molar-refractivity contribution >= 4 is 117 Å². The molecule has 1 aromatic carbocycles. The van der Waals surface area contributed by atoms with Crippen LogP contribution in [0.1, 0.15) is 180 Å². The van der Waals surface area contributed by atoms with E-state index in [2.05, 4.69) is 26.3 Å². The number of hydrogen-bond donors (Lipinski definition) is 5. The van der Waals surface area contributed by atoms with Gasteiger partial charge in [-0.15, -0.1) is 34.9 Å². The molecule has 5 N–H and O–H groups in total. The third-order valence-electron chi connectivity index (χ3n) is 18.0. The highest BCUT2D eigenvalue weighted by Crippen LogP contribution is 2.34. The van der Waals surface area contributed by atoms with Gasteiger partial charge in [0.2, 0.25) is 23.6 Å². The van der Waals surface area contributed by atoms with Crippen LogP contribution in [0.4, 0.5) is 5.69 Å². The zero-order valence-electron chi connectivity index (χ0n) is 58.8. The molecule has 25 nitrogen and oxygen atoms in total. The first kappa shape index (κ1) is 83.0. The maximum atomic E-state index is 14.5. The molecule has 0 saturated carbocycles. The number of carbonyl (C=O) groups is 13. The molecule has 5 unspecified atom stereocenters. The average molecular weight is 1410 g/mol. The zero-order valence-corrected chi connectivity index (χ0v) is 61.3. The number of benzene rings is 1. The van der Waals surface area contributed by atoms with E-state index in [1.165, 1.54) is 61.8 Å². The maximum Gasteiger partial charge on any atom is 0.313 e. The first-order valence-corrected chi connectivity index (χ1v) is 36.6. The number of likely N-dealkylation sites (N-methyl/N-ethyl adjacent to an activating group) is 1. The Morgan fingerprint density at radius 3 is 2.08 bits per heavy atom. The predicted molar refractivity (Wildman–Crippen MR) is 370 cm³/mol. The Morgan fingerprint density at radius 1 is 0.814 bits per heavy atom. The number of hydrogen-bond acceptors (Lipinski definition) is 22. The largest absolute Gasteiger partial charge is 0.481 e. The van der Waals surface area contributed by atoms with Crippen LogP contribution in [0.15, 0.2) is 23.6 Å². The number of carboxylic acid groups (broad SMARTS) is 1. The van der Waals surface area contributed by atoms with Crippen molar-refractivity contribution < 1.29 is 86.4 Å². The van der Waals surface area contributed by atoms with Crippen molar-refractivity contribution in [3.05, 3.63) is 39.8 Å². The quantitative estimate of drug-likeness (QED) is 0.0592. The Morgan fingerprint density at radius 2 is 1.46 bits per heavy atom. The smallest absolute Gasteiger partial charge is 0.313 e. The fourth-order valence-electron chi connectivity index (χ4n) is 11.2. The molecule has 0 spiro atoms. The minimum Gasteiger partial charge on any atom is -0.481 e. The van der Waals surface area contributed by atoms with Crippen molar-refractivity contribution in [2.24, 2.45) is 41.4 Å². The number of rotatable bonds is 21. The summed E-state index contributed by atoms with van der Waals surface area (Å²) in [4.78, 5) is 184. The van der Waals surface area contributed by atoms with Crippen LogP contribution in [0.3, 0.4) is 0 Å². The molecule has 28 heteroatoms. The average Bonchev–Trinajstić information content (AvgIpc) is 1.80. The molecule has 97 heavy (non-hydrogen) atoms. The molecule has 1 aromatic heterocycles. The van der Waals surface area contributed by atoms with E-state index in [1.807, 2.05) is 60.5 Å². The van der Waals surface area contributed by atoms with Gasteiger partial charge in [0.25, 0.3) is 5.91 Å². The molecule has 0 bridgehead atoms. The lowest BCUT2D eigenvalue weighted by Gasteiger charge is -2.38. The lowest BCUT2D eigenvalue weighted by Crippen LogP contribution is -2.50. The number of nitrogens with one attached hydrogen (secondary N) is 4. The summed E-state index contributed by atoms with van der Waals surface area (Å²) < 4.78 is 23.1. The number of aliphatic carboxylic acids is 1. The van der Waals surface area contributed by atoms with Gasteiger partial charge < -0.3 is 50.2 Å². The number of anilines is 1. The second-order valence-corrected chi connectivity index (χ2v) is 30.0. The summed E-state index contributed by atoms with van der Waals surface area (Å²) in [6.45, 7) is 18.9. The Bertz CT molecular complexity index is 3080. The zero-order chi connectivity index (χ0) is 72.4. The Balaban J connectivity index is 1.64. The molecule has 10 atom stereocenters. The number of ether oxygens (including phenoxy) is 4. The van der Waals surface area contributed by atoms with Crippen LogP contribution in [0.5, 0.6) is 5.75 Å². The van der Waals surface area contributed by atoms with E-state index in [1.54, 1.807) is 31.9 Å². The first-order chi connectivity index (χ1) is 45.6. The second kappa shape index (κ2) is 40.6. The molecule has 2 aliphatic heterocycles. The fraction of sp³-hybridized carbons (Fsp3) is 0.681. The van der Waals surface area contributed by atoms with Gasteiger partial charge >= 0.3 is 17.9 Å². The summed E-state index contributed by atoms with van der Waals surface area (Å²) in [5, 5.41) is 23.4. The standard InChI is InChI=1S/C69H103N7O18S3/c1-15-41(6)50(33-59(82)69(10,11)75(12)13)67(88)76(14)54(40(4)5)34-58(93-44(9)77)66-73-53(36-97-66)65(87)71-46(28-42(7)68(89)90)29-45-20-21-57-52(30-45)72-63(85)43(8)70-64(86)49(39(2)3)31-47(78)22-26-91-25-17-19-56(81)62-51(32-48(79)35-95-38-96-37-60(83)74-62)55(80)18-16-24-92-27-23-61(84)94-57/h20-21,30,36,39-43,46,49-51,54,58,62H,15-19,22-29,31-35,37-38H2,1-14H3,(H,70,86)(H,71,87)(H,72,85)(H,74,83)(H,89,90)/t41-,42?,43?,46+,49?,50-,51?,54+,58+,62?/m0/s1. The number of nitrogens with zero attached hydrogens (tertiary/aromatic N) is 3. The summed E-state index contributed by atoms with van der Waals surface area (Å²) in [7, 11) is 5.30. The molecule has 0 radical (unpaired) electrons. The molecular weight excluding hydrogens is 1310 g/mol. The molecular formula is C69H103N7O18S3. The van der Waals surface area contributed by atoms with Crippen LogP contribution < -0.4 is 26.0 Å². The van der Waals surface area contributed by atoms with E-state index in [-0.39, 0.29) is 178 Å². The molecule has 2 aromatic rings. The summed E-state index contributed by atoms with van der Waals surface area (Å²) in [5.41, 5.74) is -0.507. The molecule has 5 amide bonds. The van der Waals surface area contributed by atoms with Gasteiger partial charge in [-0.05, 0) is 96.0 Å². The molecule has 1 saturated heterocycles. The van der Waals surface area contributed by atoms with Crippen LogP contribution >= 0.6 is 34.9 Å². The van der Waals surface area contributed by atoms with Crippen LogP contribution in [0, 0.1) is 41.4 Å². The minimum atomic E-state index is -1.27. The van der Waals surface area contributed by atoms with E-state index in [9.17, 15) is 67.4 Å². The van der Waals surface area contributed by atoms with Crippen molar-refractivity contribution in [3.8, 4) is 5.75 Å². The molecule has 4 rings (SSSR count). The molecule has 0 aliphatic carbocycles. The molecule has 1 fully saturated rings. The topological polar surface area (TPSA) is 347 Å². The maximum absolute atomic E-state index is 14.5. The van der Waals surface area contributed by atoms with Crippen molar-refractivity contribution in [1.29, 1.82) is 0 Å². The molecule has 540 valence electrons. The highest BCUT2D eigenvalue weighted by atomic mass is 32.2. The first-order valence-electron chi connectivity index (χ1n) is 33.4. The van der Waals surface area contributed by atoms with Gasteiger partial charge in [-0.2, -0.15) is 0 Å². The number of carboxylic acids is 1. The summed E-state index contributed by atoms with van der Waals surface area (Å²) in [5.74, 6) is -11.1. The van der Waals surface area contributed by atoms with Crippen LogP contribution in [0.2, 0.25) is 0 Å². The SMILES string of the molecule is CC[C@H](C)[C@H](CC(=O)C(C)(C)N(C)C)C(=O)N(C)[C@H](C[C@@H](OC(C)=O)c1nc(C(=O)N[C@@H](Cc2ccc3c(c2)NC(=O)C(C)NC(=O)C(C(C)C)CC(=O)CCOCCCC(=O)C2NC(=O)CSCSCC(=O)CC2C(=O)CCCOCCC(=O)O3)CC(C)C(=O)O)cs1)C(C)C. The highest BCUT2D eigenvalue weighted by Gasteiger charge is 2.41. The van der Waals surface area contributed by atoms with E-state index in [0.717, 1.165) is 11.3 Å². The predicted octanol–water partition coefficient (Wildman–Crippen LogP) is 7.64. The minimum absolute atomic E-state index is 0.00772. The van der Waals surface area contributed by atoms with Gasteiger partial charge in [-0.25, -0.2) is 4.98 Å². The van der Waals surface area contributed by atoms with E-state index in [4.69, 9.17) is 18.9 Å². The fourth-order valence-corrected chi connectivity index (χ4v) is 13.8. The number of amides is 5. The number of carbonyl (C=O) groups excluding carboxylic acids is 12. The third-order valence-corrected chi connectivity index (χ3v) is 21.3. The lowest BCUT2D eigenvalue weighted by atomic mass is 9.81. The second-order valence-electron chi connectivity index (χ2n) is 26.8. The van der Waals surface area contributed by atoms with Gasteiger partial charge in [0.15, 0.2) is 23.4 Å². The number of esters is 2. The van der Waals surface area contributed by atoms with Crippen LogP contribution in [0.25, 0.3) is 0 Å². The normalized spacial score (nSPS) is 21.5. The number of ketones is 5. The number of thiazole rings is 1. The molecule has 2 aliphatic rings. The Kier molecular flexibility index (Phi) is 34.7. The van der Waals surface area contributed by atoms with Gasteiger partial charge in [0.1, 0.15) is 34.1 Å². The molecule has 3 heterocycles. The number of thioether (sulfide) groups is 2.